The summed E-state index contributed by atoms with van der Waals surface area (Å²) in [6, 6.07) is 19.0. The van der Waals surface area contributed by atoms with Crippen LogP contribution in [0, 0.1) is 20.8 Å². The molecule has 0 atom stereocenters. The Hall–Kier alpha value is -5.24. The minimum atomic E-state index is -0.317. The van der Waals surface area contributed by atoms with Crippen molar-refractivity contribution in [2.75, 3.05) is 14.2 Å². The van der Waals surface area contributed by atoms with Gasteiger partial charge in [-0.1, -0.05) is 54.6 Å². The van der Waals surface area contributed by atoms with E-state index in [2.05, 4.69) is 10.3 Å². The van der Waals surface area contributed by atoms with Gasteiger partial charge in [-0.05, 0) is 56.2 Å². The zero-order valence-corrected chi connectivity index (χ0v) is 25.0. The molecule has 0 spiro atoms. The first-order chi connectivity index (χ1) is 20.8. The molecule has 0 fully saturated rings. The topological polar surface area (TPSA) is 99.1 Å². The maximum atomic E-state index is 12.6. The number of para-hydroxylation sites is 2. The number of aromatic hydroxyl groups is 1. The van der Waals surface area contributed by atoms with Crippen molar-refractivity contribution in [3.8, 4) is 34.5 Å². The fourth-order valence-corrected chi connectivity index (χ4v) is 4.35. The van der Waals surface area contributed by atoms with Crippen molar-refractivity contribution in [2.24, 2.45) is 0 Å². The molecule has 43 heavy (non-hydrogen) atoms. The lowest BCUT2D eigenvalue weighted by Crippen LogP contribution is -2.21. The minimum Gasteiger partial charge on any atom is -0.506 e. The van der Waals surface area contributed by atoms with Crippen LogP contribution in [-0.4, -0.2) is 30.2 Å². The number of hydrogen-bond acceptors (Lipinski definition) is 7. The van der Waals surface area contributed by atoms with Crippen LogP contribution >= 0.6 is 0 Å². The Morgan fingerprint density at radius 3 is 2.28 bits per heavy atom. The zero-order chi connectivity index (χ0) is 30.8. The molecule has 4 rings (SSSR count). The van der Waals surface area contributed by atoms with Crippen LogP contribution in [0.4, 0.5) is 0 Å². The summed E-state index contributed by atoms with van der Waals surface area (Å²) >= 11 is 0. The monoisotopic (exact) mass is 580 g/mol. The Labute approximate surface area is 252 Å². The highest BCUT2D eigenvalue weighted by Gasteiger charge is 2.16. The second-order valence-electron chi connectivity index (χ2n) is 9.82. The molecule has 0 radical (unpaired) electrons. The van der Waals surface area contributed by atoms with Crippen molar-refractivity contribution in [3.63, 3.8) is 0 Å². The van der Waals surface area contributed by atoms with Crippen LogP contribution in [0.15, 0.2) is 85.1 Å². The van der Waals surface area contributed by atoms with E-state index in [0.717, 1.165) is 22.4 Å². The first kappa shape index (κ1) is 30.7. The fourth-order valence-electron chi connectivity index (χ4n) is 4.35. The van der Waals surface area contributed by atoms with Crippen LogP contribution in [-0.2, 0) is 17.9 Å². The average Bonchev–Trinajstić information content (AvgIpc) is 3.01. The third-order valence-electron chi connectivity index (χ3n) is 6.72. The van der Waals surface area contributed by atoms with Crippen LogP contribution in [0.2, 0.25) is 0 Å². The van der Waals surface area contributed by atoms with E-state index in [0.29, 0.717) is 39.8 Å². The number of ether oxygens (including phenoxy) is 4. The summed E-state index contributed by atoms with van der Waals surface area (Å²) in [5.74, 6) is 2.67. The van der Waals surface area contributed by atoms with Crippen molar-refractivity contribution in [2.45, 2.75) is 33.9 Å². The highest BCUT2D eigenvalue weighted by Crippen LogP contribution is 2.42. The lowest BCUT2D eigenvalue weighted by molar-refractivity contribution is -0.116. The number of nitrogens with zero attached hydrogens (tertiary/aromatic N) is 1. The predicted molar refractivity (Wildman–Crippen MR) is 167 cm³/mol. The Balaban J connectivity index is 1.41. The molecule has 0 bridgehead atoms. The standard InChI is InChI=1S/C35H36N2O6/c1-23-18-31(40-4)35(32(19-23)41-5)43-30-16-10-7-13-26(30)14-8-11-17-33(38)37-21-28-27(20-36-25(3)34(28)39)22-42-29-15-9-6-12-24(29)2/h6-20,39H,21-22H2,1-5H3,(H,37,38). The smallest absolute Gasteiger partial charge is 0.244 e. The average molecular weight is 581 g/mol. The highest BCUT2D eigenvalue weighted by molar-refractivity contribution is 5.88. The number of benzene rings is 3. The molecular weight excluding hydrogens is 544 g/mol. The zero-order valence-electron chi connectivity index (χ0n) is 25.0. The molecule has 1 aromatic heterocycles. The minimum absolute atomic E-state index is 0.0357. The Morgan fingerprint density at radius 1 is 0.907 bits per heavy atom. The number of carbonyl (C=O) groups excluding carboxylic acids is 1. The third-order valence-corrected chi connectivity index (χ3v) is 6.72. The first-order valence-electron chi connectivity index (χ1n) is 13.8. The van der Waals surface area contributed by atoms with Crippen LogP contribution in [0.5, 0.6) is 34.5 Å². The molecule has 0 aliphatic rings. The van der Waals surface area contributed by atoms with E-state index in [9.17, 15) is 9.90 Å². The number of methoxy groups -OCH3 is 2. The lowest BCUT2D eigenvalue weighted by atomic mass is 10.1. The molecule has 1 heterocycles. The molecule has 0 aliphatic carbocycles. The molecule has 1 amide bonds. The van der Waals surface area contributed by atoms with Crippen LogP contribution < -0.4 is 24.3 Å². The second kappa shape index (κ2) is 14.6. The number of rotatable bonds is 12. The highest BCUT2D eigenvalue weighted by atomic mass is 16.5. The summed E-state index contributed by atoms with van der Waals surface area (Å²) in [4.78, 5) is 16.9. The molecular formula is C35H36N2O6. The number of allylic oxidation sites excluding steroid dienone is 2. The lowest BCUT2D eigenvalue weighted by Gasteiger charge is -2.16. The van der Waals surface area contributed by atoms with E-state index in [-0.39, 0.29) is 24.8 Å². The van der Waals surface area contributed by atoms with Gasteiger partial charge in [-0.3, -0.25) is 9.78 Å². The van der Waals surface area contributed by atoms with Crippen molar-refractivity contribution in [1.29, 1.82) is 0 Å². The SMILES string of the molecule is COc1cc(C)cc(OC)c1Oc1ccccc1C=CC=CC(=O)NCc1c(COc2ccccc2C)cnc(C)c1O. The van der Waals surface area contributed by atoms with Gasteiger partial charge in [-0.15, -0.1) is 0 Å². The second-order valence-corrected chi connectivity index (χ2v) is 9.82. The van der Waals surface area contributed by atoms with Crippen LogP contribution in [0.25, 0.3) is 6.08 Å². The van der Waals surface area contributed by atoms with Gasteiger partial charge in [0.2, 0.25) is 11.7 Å². The molecule has 4 aromatic rings. The van der Waals surface area contributed by atoms with Gasteiger partial charge >= 0.3 is 0 Å². The van der Waals surface area contributed by atoms with E-state index in [1.807, 2.05) is 80.6 Å². The largest absolute Gasteiger partial charge is 0.506 e. The van der Waals surface area contributed by atoms with Crippen molar-refractivity contribution >= 4 is 12.0 Å². The Morgan fingerprint density at radius 2 is 1.58 bits per heavy atom. The quantitative estimate of drug-likeness (QED) is 0.138. The van der Waals surface area contributed by atoms with Crippen LogP contribution in [0.3, 0.4) is 0 Å². The predicted octanol–water partition coefficient (Wildman–Crippen LogP) is 6.99. The van der Waals surface area contributed by atoms with Crippen molar-refractivity contribution < 1.29 is 28.8 Å². The van der Waals surface area contributed by atoms with E-state index < -0.39 is 0 Å². The molecule has 0 aliphatic heterocycles. The Bertz CT molecular complexity index is 1620. The number of pyridine rings is 1. The van der Waals surface area contributed by atoms with Gasteiger partial charge in [0.05, 0.1) is 19.9 Å². The van der Waals surface area contributed by atoms with Crippen molar-refractivity contribution in [3.05, 3.63) is 119 Å². The molecule has 2 N–H and O–H groups in total. The van der Waals surface area contributed by atoms with Gasteiger partial charge in [0, 0.05) is 35.5 Å². The maximum Gasteiger partial charge on any atom is 0.244 e. The third kappa shape index (κ3) is 7.95. The number of carbonyl (C=O) groups is 1. The summed E-state index contributed by atoms with van der Waals surface area (Å²) < 4.78 is 23.2. The van der Waals surface area contributed by atoms with Gasteiger partial charge in [0.1, 0.15) is 23.9 Å². The van der Waals surface area contributed by atoms with Gasteiger partial charge in [-0.25, -0.2) is 0 Å². The van der Waals surface area contributed by atoms with Gasteiger partial charge in [0.15, 0.2) is 11.5 Å². The molecule has 0 saturated heterocycles. The molecule has 3 aromatic carbocycles. The summed E-state index contributed by atoms with van der Waals surface area (Å²) in [5.41, 5.74) is 4.51. The molecule has 8 nitrogen and oxygen atoms in total. The number of aromatic nitrogens is 1. The number of nitrogens with one attached hydrogen (secondary N) is 1. The van der Waals surface area contributed by atoms with E-state index in [4.69, 9.17) is 18.9 Å². The summed E-state index contributed by atoms with van der Waals surface area (Å²) in [6.07, 6.45) is 8.31. The van der Waals surface area contributed by atoms with Gasteiger partial charge in [-0.2, -0.15) is 0 Å². The molecule has 0 saturated carbocycles. The van der Waals surface area contributed by atoms with Gasteiger partial charge in [0.25, 0.3) is 0 Å². The van der Waals surface area contributed by atoms with Crippen molar-refractivity contribution in [1.82, 2.24) is 10.3 Å². The Kier molecular flexibility index (Phi) is 10.4. The summed E-state index contributed by atoms with van der Waals surface area (Å²) in [7, 11) is 3.17. The molecule has 0 unspecified atom stereocenters. The normalized spacial score (nSPS) is 11.1. The number of hydrogen-bond donors (Lipinski definition) is 2. The van der Waals surface area contributed by atoms with Gasteiger partial charge < -0.3 is 29.4 Å². The maximum absolute atomic E-state index is 12.6. The summed E-state index contributed by atoms with van der Waals surface area (Å²) in [5, 5.41) is 13.5. The fraction of sp³-hybridized carbons (Fsp3) is 0.200. The summed E-state index contributed by atoms with van der Waals surface area (Å²) in [6.45, 7) is 5.95. The van der Waals surface area contributed by atoms with Crippen LogP contribution in [0.1, 0.15) is 33.5 Å². The molecule has 222 valence electrons. The number of aryl methyl sites for hydroxylation is 3. The van der Waals surface area contributed by atoms with E-state index >= 15 is 0 Å². The number of amides is 1. The van der Waals surface area contributed by atoms with E-state index in [1.54, 1.807) is 39.5 Å². The molecule has 8 heteroatoms. The van der Waals surface area contributed by atoms with E-state index in [1.165, 1.54) is 6.08 Å². The first-order valence-corrected chi connectivity index (χ1v) is 13.8.